The molecular weight excluding hydrogens is 265 g/mol. The van der Waals surface area contributed by atoms with E-state index in [0.717, 1.165) is 0 Å². The minimum absolute atomic E-state index is 0.228. The first kappa shape index (κ1) is 13.8. The molecule has 0 aliphatic heterocycles. The SMILES string of the molecule is Cc1cc(=O)[nH]c(Sc2cccc(F)c2C(C)N)n1. The van der Waals surface area contributed by atoms with E-state index in [1.807, 2.05) is 0 Å². The minimum Gasteiger partial charge on any atom is -0.324 e. The summed E-state index contributed by atoms with van der Waals surface area (Å²) < 4.78 is 13.8. The summed E-state index contributed by atoms with van der Waals surface area (Å²) >= 11 is 1.20. The van der Waals surface area contributed by atoms with E-state index >= 15 is 0 Å². The van der Waals surface area contributed by atoms with Gasteiger partial charge in [0.05, 0.1) is 0 Å². The summed E-state index contributed by atoms with van der Waals surface area (Å²) in [5.41, 5.74) is 6.60. The van der Waals surface area contributed by atoms with Crippen LogP contribution in [-0.2, 0) is 0 Å². The van der Waals surface area contributed by atoms with Crippen LogP contribution in [0.1, 0.15) is 24.2 Å². The summed E-state index contributed by atoms with van der Waals surface area (Å²) in [6.07, 6.45) is 0. The average molecular weight is 279 g/mol. The van der Waals surface area contributed by atoms with E-state index in [2.05, 4.69) is 9.97 Å². The van der Waals surface area contributed by atoms with Crippen LogP contribution in [0.2, 0.25) is 0 Å². The highest BCUT2D eigenvalue weighted by Crippen LogP contribution is 2.31. The Bertz CT molecular complexity index is 655. The molecule has 1 aromatic carbocycles. The van der Waals surface area contributed by atoms with E-state index in [9.17, 15) is 9.18 Å². The zero-order chi connectivity index (χ0) is 14.0. The molecule has 4 nitrogen and oxygen atoms in total. The third-order valence-electron chi connectivity index (χ3n) is 2.52. The van der Waals surface area contributed by atoms with Gasteiger partial charge in [-0.25, -0.2) is 9.37 Å². The minimum atomic E-state index is -0.430. The molecule has 0 radical (unpaired) electrons. The lowest BCUT2D eigenvalue weighted by atomic mass is 10.1. The Hall–Kier alpha value is -1.66. The zero-order valence-electron chi connectivity index (χ0n) is 10.6. The summed E-state index contributed by atoms with van der Waals surface area (Å²) in [7, 11) is 0. The van der Waals surface area contributed by atoms with Gasteiger partial charge in [0, 0.05) is 28.3 Å². The maximum Gasteiger partial charge on any atom is 0.251 e. The third-order valence-corrected chi connectivity index (χ3v) is 3.49. The number of aromatic nitrogens is 2. The van der Waals surface area contributed by atoms with Crippen molar-refractivity contribution in [3.05, 3.63) is 51.7 Å². The van der Waals surface area contributed by atoms with Crippen LogP contribution >= 0.6 is 11.8 Å². The number of benzene rings is 1. The van der Waals surface area contributed by atoms with Gasteiger partial charge in [0.15, 0.2) is 5.16 Å². The molecule has 0 aliphatic rings. The first-order valence-electron chi connectivity index (χ1n) is 5.77. The Morgan fingerprint density at radius 1 is 1.47 bits per heavy atom. The molecule has 0 fully saturated rings. The standard InChI is InChI=1S/C13H14FN3OS/c1-7-6-11(18)17-13(16-7)19-10-5-3-4-9(14)12(10)8(2)15/h3-6,8H,15H2,1-2H3,(H,16,17,18). The Labute approximate surface area is 114 Å². The molecule has 0 saturated carbocycles. The Kier molecular flexibility index (Phi) is 4.01. The van der Waals surface area contributed by atoms with E-state index in [4.69, 9.17) is 5.73 Å². The normalized spacial score (nSPS) is 12.4. The molecule has 100 valence electrons. The van der Waals surface area contributed by atoms with Crippen LogP contribution in [0.3, 0.4) is 0 Å². The van der Waals surface area contributed by atoms with E-state index < -0.39 is 6.04 Å². The van der Waals surface area contributed by atoms with E-state index in [0.29, 0.717) is 21.3 Å². The number of H-pyrrole nitrogens is 1. The van der Waals surface area contributed by atoms with Crippen molar-refractivity contribution in [1.82, 2.24) is 9.97 Å². The van der Waals surface area contributed by atoms with Crippen LogP contribution in [0.4, 0.5) is 4.39 Å². The topological polar surface area (TPSA) is 71.8 Å². The predicted molar refractivity (Wildman–Crippen MR) is 72.7 cm³/mol. The lowest BCUT2D eigenvalue weighted by Gasteiger charge is -2.12. The van der Waals surface area contributed by atoms with Crippen LogP contribution in [-0.4, -0.2) is 9.97 Å². The van der Waals surface area contributed by atoms with Crippen molar-refractivity contribution in [2.75, 3.05) is 0 Å². The van der Waals surface area contributed by atoms with Gasteiger partial charge in [-0.05, 0) is 26.0 Å². The second kappa shape index (κ2) is 5.54. The van der Waals surface area contributed by atoms with Crippen molar-refractivity contribution >= 4 is 11.8 Å². The first-order chi connectivity index (χ1) is 8.97. The number of nitrogens with one attached hydrogen (secondary N) is 1. The molecule has 1 heterocycles. The fourth-order valence-electron chi connectivity index (χ4n) is 1.75. The van der Waals surface area contributed by atoms with Gasteiger partial charge >= 0.3 is 0 Å². The maximum atomic E-state index is 13.8. The number of nitrogens with two attached hydrogens (primary N) is 1. The van der Waals surface area contributed by atoms with Crippen molar-refractivity contribution in [3.8, 4) is 0 Å². The smallest absolute Gasteiger partial charge is 0.251 e. The van der Waals surface area contributed by atoms with Crippen LogP contribution in [0, 0.1) is 12.7 Å². The van der Waals surface area contributed by atoms with Gasteiger partial charge in [-0.2, -0.15) is 0 Å². The molecule has 0 saturated heterocycles. The number of rotatable bonds is 3. The molecule has 2 rings (SSSR count). The summed E-state index contributed by atoms with van der Waals surface area (Å²) in [4.78, 5) is 18.9. The first-order valence-corrected chi connectivity index (χ1v) is 6.59. The maximum absolute atomic E-state index is 13.8. The molecule has 1 atom stereocenters. The summed E-state index contributed by atoms with van der Waals surface area (Å²) in [5, 5.41) is 0.428. The lowest BCUT2D eigenvalue weighted by Crippen LogP contribution is -2.10. The summed E-state index contributed by atoms with van der Waals surface area (Å²) in [6.45, 7) is 3.45. The number of hydrogen-bond donors (Lipinski definition) is 2. The third kappa shape index (κ3) is 3.21. The molecule has 3 N–H and O–H groups in total. The lowest BCUT2D eigenvalue weighted by molar-refractivity contribution is 0.585. The van der Waals surface area contributed by atoms with Crippen molar-refractivity contribution in [1.29, 1.82) is 0 Å². The van der Waals surface area contributed by atoms with Gasteiger partial charge in [0.2, 0.25) is 0 Å². The van der Waals surface area contributed by atoms with Crippen molar-refractivity contribution in [3.63, 3.8) is 0 Å². The van der Waals surface area contributed by atoms with Crippen molar-refractivity contribution < 1.29 is 4.39 Å². The van der Waals surface area contributed by atoms with E-state index in [1.165, 1.54) is 23.9 Å². The number of halogens is 1. The van der Waals surface area contributed by atoms with Crippen molar-refractivity contribution in [2.24, 2.45) is 5.73 Å². The highest BCUT2D eigenvalue weighted by molar-refractivity contribution is 7.99. The van der Waals surface area contributed by atoms with Gasteiger partial charge in [0.25, 0.3) is 5.56 Å². The fourth-order valence-corrected chi connectivity index (χ4v) is 2.84. The second-order valence-electron chi connectivity index (χ2n) is 4.23. The molecule has 0 aliphatic carbocycles. The molecule has 6 heteroatoms. The van der Waals surface area contributed by atoms with Crippen molar-refractivity contribution in [2.45, 2.75) is 29.9 Å². The van der Waals surface area contributed by atoms with Gasteiger partial charge in [-0.1, -0.05) is 17.8 Å². The molecule has 19 heavy (non-hydrogen) atoms. The average Bonchev–Trinajstić information content (AvgIpc) is 2.26. The summed E-state index contributed by atoms with van der Waals surface area (Å²) in [6, 6.07) is 5.71. The molecular formula is C13H14FN3OS. The number of aromatic amines is 1. The molecule has 1 unspecified atom stereocenters. The second-order valence-corrected chi connectivity index (χ2v) is 5.26. The number of aryl methyl sites for hydroxylation is 1. The molecule has 2 aromatic rings. The monoisotopic (exact) mass is 279 g/mol. The van der Waals surface area contributed by atoms with Gasteiger partial charge in [-0.3, -0.25) is 4.79 Å². The largest absolute Gasteiger partial charge is 0.324 e. The number of nitrogens with zero attached hydrogens (tertiary/aromatic N) is 1. The Morgan fingerprint density at radius 2 is 2.21 bits per heavy atom. The van der Waals surface area contributed by atoms with E-state index in [1.54, 1.807) is 26.0 Å². The number of hydrogen-bond acceptors (Lipinski definition) is 4. The predicted octanol–water partition coefficient (Wildman–Crippen LogP) is 2.39. The van der Waals surface area contributed by atoms with Gasteiger partial charge < -0.3 is 10.7 Å². The molecule has 0 amide bonds. The summed E-state index contributed by atoms with van der Waals surface area (Å²) in [5.74, 6) is -0.352. The quantitative estimate of drug-likeness (QED) is 0.846. The van der Waals surface area contributed by atoms with Gasteiger partial charge in [0.1, 0.15) is 5.82 Å². The highest BCUT2D eigenvalue weighted by atomic mass is 32.2. The van der Waals surface area contributed by atoms with Crippen LogP contribution in [0.5, 0.6) is 0 Å². The van der Waals surface area contributed by atoms with Crippen LogP contribution in [0.15, 0.2) is 39.1 Å². The van der Waals surface area contributed by atoms with Crippen LogP contribution < -0.4 is 11.3 Å². The molecule has 1 aromatic heterocycles. The Morgan fingerprint density at radius 3 is 2.84 bits per heavy atom. The van der Waals surface area contributed by atoms with Crippen LogP contribution in [0.25, 0.3) is 0 Å². The Balaban J connectivity index is 2.43. The molecule has 0 spiro atoms. The highest BCUT2D eigenvalue weighted by Gasteiger charge is 2.14. The van der Waals surface area contributed by atoms with Gasteiger partial charge in [-0.15, -0.1) is 0 Å². The molecule has 0 bridgehead atoms. The van der Waals surface area contributed by atoms with E-state index in [-0.39, 0.29) is 11.4 Å². The fraction of sp³-hybridized carbons (Fsp3) is 0.231. The zero-order valence-corrected chi connectivity index (χ0v) is 11.4.